The molecule has 92 valence electrons. The second-order valence-corrected chi connectivity index (χ2v) is 5.17. The van der Waals surface area contributed by atoms with E-state index in [9.17, 15) is 0 Å². The fourth-order valence-corrected chi connectivity index (χ4v) is 2.71. The highest BCUT2D eigenvalue weighted by atomic mass is 14.7. The van der Waals surface area contributed by atoms with Gasteiger partial charge in [0, 0.05) is 17.9 Å². The highest BCUT2D eigenvalue weighted by Gasteiger charge is 2.27. The second-order valence-electron chi connectivity index (χ2n) is 5.17. The van der Waals surface area contributed by atoms with Crippen molar-refractivity contribution < 1.29 is 0 Å². The summed E-state index contributed by atoms with van der Waals surface area (Å²) in [5.41, 5.74) is 11.4. The summed E-state index contributed by atoms with van der Waals surface area (Å²) < 4.78 is 0. The lowest BCUT2D eigenvalue weighted by Crippen LogP contribution is -2.22. The third kappa shape index (κ3) is 2.04. The van der Waals surface area contributed by atoms with Crippen molar-refractivity contribution in [1.29, 1.82) is 0 Å². The molecule has 0 saturated carbocycles. The number of rotatable bonds is 3. The van der Waals surface area contributed by atoms with Crippen LogP contribution in [0.4, 0.5) is 0 Å². The van der Waals surface area contributed by atoms with Gasteiger partial charge in [0.25, 0.3) is 0 Å². The molecule has 0 radical (unpaired) electrons. The molecule has 0 aliphatic heterocycles. The maximum Gasteiger partial charge on any atom is 0.0372 e. The molecule has 1 aliphatic rings. The Labute approximate surface area is 108 Å². The Morgan fingerprint density at radius 1 is 1.28 bits per heavy atom. The highest BCUT2D eigenvalue weighted by molar-refractivity contribution is 5.40. The summed E-state index contributed by atoms with van der Waals surface area (Å²) in [4.78, 5) is 4.32. The first-order valence-electron chi connectivity index (χ1n) is 6.50. The summed E-state index contributed by atoms with van der Waals surface area (Å²) in [5, 5.41) is 0. The Hall–Kier alpha value is -1.67. The van der Waals surface area contributed by atoms with Crippen molar-refractivity contribution in [3.8, 4) is 0 Å². The Morgan fingerprint density at radius 2 is 2.11 bits per heavy atom. The predicted octanol–water partition coefficient (Wildman–Crippen LogP) is 3.12. The zero-order valence-corrected chi connectivity index (χ0v) is 10.6. The minimum absolute atomic E-state index is 0.0939. The summed E-state index contributed by atoms with van der Waals surface area (Å²) in [6.45, 7) is 2.00. The van der Waals surface area contributed by atoms with Crippen LogP contribution in [0.1, 0.15) is 40.8 Å². The van der Waals surface area contributed by atoms with Crippen molar-refractivity contribution in [2.75, 3.05) is 0 Å². The van der Waals surface area contributed by atoms with Gasteiger partial charge >= 0.3 is 0 Å². The van der Waals surface area contributed by atoms with Gasteiger partial charge in [0.15, 0.2) is 0 Å². The number of hydrogen-bond donors (Lipinski definition) is 1. The normalized spacial score (nSPS) is 18.9. The van der Waals surface area contributed by atoms with Gasteiger partial charge in [-0.15, -0.1) is 0 Å². The molecule has 0 fully saturated rings. The Balaban J connectivity index is 1.70. The van der Waals surface area contributed by atoms with Gasteiger partial charge in [0.1, 0.15) is 0 Å². The topological polar surface area (TPSA) is 38.9 Å². The summed E-state index contributed by atoms with van der Waals surface area (Å²) in [6, 6.07) is 12.9. The molecule has 1 aromatic carbocycles. The Bertz CT molecular complexity index is 545. The van der Waals surface area contributed by atoms with Crippen LogP contribution in [0.5, 0.6) is 0 Å². The molecule has 3 rings (SSSR count). The summed E-state index contributed by atoms with van der Waals surface area (Å²) in [7, 11) is 0. The van der Waals surface area contributed by atoms with Crippen molar-refractivity contribution >= 4 is 0 Å². The maximum atomic E-state index is 6.27. The molecule has 0 saturated heterocycles. The van der Waals surface area contributed by atoms with Crippen LogP contribution >= 0.6 is 0 Å². The van der Waals surface area contributed by atoms with E-state index in [0.29, 0.717) is 5.92 Å². The van der Waals surface area contributed by atoms with Crippen LogP contribution in [0.15, 0.2) is 42.6 Å². The highest BCUT2D eigenvalue weighted by Crippen LogP contribution is 2.39. The molecular formula is C16H18N2. The van der Waals surface area contributed by atoms with Gasteiger partial charge in [0.05, 0.1) is 0 Å². The minimum atomic E-state index is 0.0939. The molecule has 1 aromatic heterocycles. The van der Waals surface area contributed by atoms with Crippen LogP contribution < -0.4 is 5.73 Å². The molecule has 0 amide bonds. The van der Waals surface area contributed by atoms with E-state index < -0.39 is 0 Å². The van der Waals surface area contributed by atoms with E-state index in [2.05, 4.69) is 35.3 Å². The first-order chi connectivity index (χ1) is 8.74. The molecule has 2 heteroatoms. The average Bonchev–Trinajstić information content (AvgIpc) is 2.36. The Kier molecular flexibility index (Phi) is 2.88. The molecule has 0 bridgehead atoms. The minimum Gasteiger partial charge on any atom is -0.324 e. The van der Waals surface area contributed by atoms with E-state index >= 15 is 0 Å². The van der Waals surface area contributed by atoms with Gasteiger partial charge in [-0.05, 0) is 48.4 Å². The molecule has 2 atom stereocenters. The maximum absolute atomic E-state index is 6.27. The molecule has 2 N–H and O–H groups in total. The lowest BCUT2D eigenvalue weighted by atomic mass is 9.74. The number of benzene rings is 1. The summed E-state index contributed by atoms with van der Waals surface area (Å²) >= 11 is 0. The standard InChI is InChI=1S/C16H18N2/c1-11-6-7-13(10-18-11)16(17)9-14-8-12-4-2-3-5-15(12)14/h2-7,10,14,16H,8-9,17H2,1H3. The first kappa shape index (κ1) is 11.4. The van der Waals surface area contributed by atoms with Crippen molar-refractivity contribution in [2.24, 2.45) is 5.73 Å². The van der Waals surface area contributed by atoms with Crippen molar-refractivity contribution in [1.82, 2.24) is 4.98 Å². The average molecular weight is 238 g/mol. The van der Waals surface area contributed by atoms with Gasteiger partial charge in [-0.25, -0.2) is 0 Å². The van der Waals surface area contributed by atoms with Crippen LogP contribution in [-0.4, -0.2) is 4.98 Å². The number of pyridine rings is 1. The molecular weight excluding hydrogens is 220 g/mol. The number of nitrogens with zero attached hydrogens (tertiary/aromatic N) is 1. The van der Waals surface area contributed by atoms with Crippen LogP contribution in [0.3, 0.4) is 0 Å². The fraction of sp³-hybridized carbons (Fsp3) is 0.312. The van der Waals surface area contributed by atoms with Gasteiger partial charge in [-0.3, -0.25) is 4.98 Å². The lowest BCUT2D eigenvalue weighted by Gasteiger charge is -2.32. The SMILES string of the molecule is Cc1ccc(C(N)CC2Cc3ccccc32)cn1. The zero-order valence-electron chi connectivity index (χ0n) is 10.6. The molecule has 2 unspecified atom stereocenters. The van der Waals surface area contributed by atoms with Crippen LogP contribution in [-0.2, 0) is 6.42 Å². The van der Waals surface area contributed by atoms with E-state index in [4.69, 9.17) is 5.73 Å². The number of hydrogen-bond acceptors (Lipinski definition) is 2. The van der Waals surface area contributed by atoms with E-state index in [0.717, 1.165) is 17.7 Å². The molecule has 2 nitrogen and oxygen atoms in total. The van der Waals surface area contributed by atoms with Gasteiger partial charge in [-0.2, -0.15) is 0 Å². The number of nitrogens with two attached hydrogens (primary N) is 1. The summed E-state index contributed by atoms with van der Waals surface area (Å²) in [5.74, 6) is 0.623. The molecule has 1 heterocycles. The second kappa shape index (κ2) is 4.54. The van der Waals surface area contributed by atoms with Crippen molar-refractivity contribution in [2.45, 2.75) is 31.7 Å². The van der Waals surface area contributed by atoms with Gasteiger partial charge in [0.2, 0.25) is 0 Å². The van der Waals surface area contributed by atoms with Gasteiger partial charge < -0.3 is 5.73 Å². The number of aryl methyl sites for hydroxylation is 1. The molecule has 0 spiro atoms. The number of aromatic nitrogens is 1. The molecule has 18 heavy (non-hydrogen) atoms. The largest absolute Gasteiger partial charge is 0.324 e. The molecule has 1 aliphatic carbocycles. The van der Waals surface area contributed by atoms with Gasteiger partial charge in [-0.1, -0.05) is 30.3 Å². The molecule has 2 aromatic rings. The predicted molar refractivity (Wildman–Crippen MR) is 73.4 cm³/mol. The van der Waals surface area contributed by atoms with E-state index in [1.165, 1.54) is 17.5 Å². The quantitative estimate of drug-likeness (QED) is 0.892. The monoisotopic (exact) mass is 238 g/mol. The third-order valence-corrected chi connectivity index (χ3v) is 3.86. The smallest absolute Gasteiger partial charge is 0.0372 e. The van der Waals surface area contributed by atoms with Crippen LogP contribution in [0.25, 0.3) is 0 Å². The van der Waals surface area contributed by atoms with E-state index in [1.54, 1.807) is 0 Å². The summed E-state index contributed by atoms with van der Waals surface area (Å²) in [6.07, 6.45) is 4.09. The van der Waals surface area contributed by atoms with E-state index in [-0.39, 0.29) is 6.04 Å². The fourth-order valence-electron chi connectivity index (χ4n) is 2.71. The lowest BCUT2D eigenvalue weighted by molar-refractivity contribution is 0.497. The van der Waals surface area contributed by atoms with Crippen molar-refractivity contribution in [3.63, 3.8) is 0 Å². The third-order valence-electron chi connectivity index (χ3n) is 3.86. The zero-order chi connectivity index (χ0) is 12.5. The van der Waals surface area contributed by atoms with Crippen molar-refractivity contribution in [3.05, 3.63) is 65.0 Å². The Morgan fingerprint density at radius 3 is 2.83 bits per heavy atom. The van der Waals surface area contributed by atoms with E-state index in [1.807, 2.05) is 19.2 Å². The number of fused-ring (bicyclic) bond motifs is 1. The van der Waals surface area contributed by atoms with Crippen LogP contribution in [0, 0.1) is 6.92 Å². The first-order valence-corrected chi connectivity index (χ1v) is 6.50. The van der Waals surface area contributed by atoms with Crippen LogP contribution in [0.2, 0.25) is 0 Å².